The predicted molar refractivity (Wildman–Crippen MR) is 83.2 cm³/mol. The Hall–Kier alpha value is -1.10. The summed E-state index contributed by atoms with van der Waals surface area (Å²) in [5.41, 5.74) is 1.000. The third-order valence-corrected chi connectivity index (χ3v) is 4.31. The molecule has 0 saturated carbocycles. The molecule has 5 heteroatoms. The maximum atomic E-state index is 12.0. The second-order valence-electron chi connectivity index (χ2n) is 5.64. The van der Waals surface area contributed by atoms with Gasteiger partial charge in [-0.2, -0.15) is 0 Å². The predicted octanol–water partition coefficient (Wildman–Crippen LogP) is 2.35. The molecule has 0 aromatic heterocycles. The van der Waals surface area contributed by atoms with Crippen molar-refractivity contribution in [2.75, 3.05) is 32.0 Å². The zero-order valence-corrected chi connectivity index (χ0v) is 12.8. The molecule has 4 nitrogen and oxygen atoms in total. The number of rotatable bonds is 4. The maximum absolute atomic E-state index is 12.0. The lowest BCUT2D eigenvalue weighted by atomic mass is 9.90. The molecule has 110 valence electrons. The van der Waals surface area contributed by atoms with E-state index in [1.807, 2.05) is 19.2 Å². The van der Waals surface area contributed by atoms with Gasteiger partial charge in [-0.1, -0.05) is 11.6 Å². The van der Waals surface area contributed by atoms with E-state index in [2.05, 4.69) is 22.5 Å². The standard InChI is InChI=1S/C15H22ClN3O/c1-15(17-2)7-9-19(10-8-15)11-14(20)18-13-5-3-12(16)4-6-13/h3-6,17H,7-11H2,1-2H3,(H,18,20). The molecule has 20 heavy (non-hydrogen) atoms. The van der Waals surface area contributed by atoms with Gasteiger partial charge in [0.05, 0.1) is 6.54 Å². The number of hydrogen-bond acceptors (Lipinski definition) is 3. The van der Waals surface area contributed by atoms with Crippen molar-refractivity contribution >= 4 is 23.2 Å². The van der Waals surface area contributed by atoms with Crippen molar-refractivity contribution in [1.29, 1.82) is 0 Å². The number of carbonyl (C=O) groups excluding carboxylic acids is 1. The van der Waals surface area contributed by atoms with Crippen LogP contribution in [0.3, 0.4) is 0 Å². The lowest BCUT2D eigenvalue weighted by Gasteiger charge is -2.39. The molecular formula is C15H22ClN3O. The SMILES string of the molecule is CNC1(C)CCN(CC(=O)Nc2ccc(Cl)cc2)CC1. The quantitative estimate of drug-likeness (QED) is 0.896. The van der Waals surface area contributed by atoms with E-state index in [-0.39, 0.29) is 11.4 Å². The van der Waals surface area contributed by atoms with Crippen LogP contribution in [0.1, 0.15) is 19.8 Å². The molecule has 0 aliphatic carbocycles. The van der Waals surface area contributed by atoms with Crippen LogP contribution in [0.2, 0.25) is 5.02 Å². The Labute approximate surface area is 125 Å². The van der Waals surface area contributed by atoms with E-state index >= 15 is 0 Å². The molecule has 0 spiro atoms. The Bertz CT molecular complexity index is 453. The molecule has 1 aromatic rings. The van der Waals surface area contributed by atoms with E-state index < -0.39 is 0 Å². The highest BCUT2D eigenvalue weighted by atomic mass is 35.5. The third-order valence-electron chi connectivity index (χ3n) is 4.06. The normalized spacial score (nSPS) is 18.8. The summed E-state index contributed by atoms with van der Waals surface area (Å²) in [5.74, 6) is 0.0281. The van der Waals surface area contributed by atoms with Crippen LogP contribution in [0.4, 0.5) is 5.69 Å². The van der Waals surface area contributed by atoms with Gasteiger partial charge in [-0.3, -0.25) is 9.69 Å². The van der Waals surface area contributed by atoms with Crippen molar-refractivity contribution in [2.45, 2.75) is 25.3 Å². The van der Waals surface area contributed by atoms with E-state index in [9.17, 15) is 4.79 Å². The highest BCUT2D eigenvalue weighted by molar-refractivity contribution is 6.30. The molecule has 1 aromatic carbocycles. The molecule has 1 saturated heterocycles. The summed E-state index contributed by atoms with van der Waals surface area (Å²) >= 11 is 5.82. The lowest BCUT2D eigenvalue weighted by Crippen LogP contribution is -2.51. The number of anilines is 1. The molecule has 1 heterocycles. The maximum Gasteiger partial charge on any atom is 0.238 e. The van der Waals surface area contributed by atoms with E-state index in [4.69, 9.17) is 11.6 Å². The Kier molecular flexibility index (Phi) is 5.02. The van der Waals surface area contributed by atoms with Crippen molar-refractivity contribution in [3.8, 4) is 0 Å². The molecule has 0 atom stereocenters. The largest absolute Gasteiger partial charge is 0.325 e. The molecular weight excluding hydrogens is 274 g/mol. The van der Waals surface area contributed by atoms with Crippen LogP contribution in [0.15, 0.2) is 24.3 Å². The smallest absolute Gasteiger partial charge is 0.238 e. The highest BCUT2D eigenvalue weighted by Gasteiger charge is 2.28. The van der Waals surface area contributed by atoms with Crippen LogP contribution in [-0.4, -0.2) is 43.0 Å². The first-order chi connectivity index (χ1) is 9.50. The van der Waals surface area contributed by atoms with Crippen LogP contribution < -0.4 is 10.6 Å². The number of halogens is 1. The molecule has 2 rings (SSSR count). The van der Waals surface area contributed by atoms with Gasteiger partial charge >= 0.3 is 0 Å². The van der Waals surface area contributed by atoms with E-state index in [1.54, 1.807) is 12.1 Å². The van der Waals surface area contributed by atoms with Crippen LogP contribution in [0.25, 0.3) is 0 Å². The molecule has 1 fully saturated rings. The molecule has 2 N–H and O–H groups in total. The molecule has 1 amide bonds. The number of amides is 1. The van der Waals surface area contributed by atoms with Gasteiger partial charge < -0.3 is 10.6 Å². The van der Waals surface area contributed by atoms with Gasteiger partial charge in [0.1, 0.15) is 0 Å². The van der Waals surface area contributed by atoms with Gasteiger partial charge in [0.15, 0.2) is 0 Å². The van der Waals surface area contributed by atoms with Gasteiger partial charge in [-0.25, -0.2) is 0 Å². The summed E-state index contributed by atoms with van der Waals surface area (Å²) in [5, 5.41) is 6.93. The molecule has 0 radical (unpaired) electrons. The van der Waals surface area contributed by atoms with E-state index in [0.717, 1.165) is 31.6 Å². The van der Waals surface area contributed by atoms with Crippen molar-refractivity contribution in [1.82, 2.24) is 10.2 Å². The summed E-state index contributed by atoms with van der Waals surface area (Å²) in [6.07, 6.45) is 2.13. The topological polar surface area (TPSA) is 44.4 Å². The van der Waals surface area contributed by atoms with Crippen LogP contribution in [-0.2, 0) is 4.79 Å². The number of likely N-dealkylation sites (tertiary alicyclic amines) is 1. The first-order valence-corrected chi connectivity index (χ1v) is 7.35. The summed E-state index contributed by atoms with van der Waals surface area (Å²) < 4.78 is 0. The lowest BCUT2D eigenvalue weighted by molar-refractivity contribution is -0.117. The van der Waals surface area contributed by atoms with Crippen LogP contribution >= 0.6 is 11.6 Å². The van der Waals surface area contributed by atoms with E-state index in [0.29, 0.717) is 11.6 Å². The average Bonchev–Trinajstić information content (AvgIpc) is 2.44. The summed E-state index contributed by atoms with van der Waals surface area (Å²) in [4.78, 5) is 14.2. The molecule has 0 unspecified atom stereocenters. The summed E-state index contributed by atoms with van der Waals surface area (Å²) in [7, 11) is 2.00. The Balaban J connectivity index is 1.79. The van der Waals surface area contributed by atoms with Gasteiger partial charge in [0, 0.05) is 29.3 Å². The Morgan fingerprint density at radius 3 is 2.45 bits per heavy atom. The average molecular weight is 296 g/mol. The van der Waals surface area contributed by atoms with E-state index in [1.165, 1.54) is 0 Å². The van der Waals surface area contributed by atoms with Crippen molar-refractivity contribution in [3.63, 3.8) is 0 Å². The van der Waals surface area contributed by atoms with Crippen molar-refractivity contribution in [3.05, 3.63) is 29.3 Å². The Morgan fingerprint density at radius 1 is 1.30 bits per heavy atom. The second kappa shape index (κ2) is 6.57. The number of carbonyl (C=O) groups is 1. The monoisotopic (exact) mass is 295 g/mol. The van der Waals surface area contributed by atoms with Crippen molar-refractivity contribution in [2.24, 2.45) is 0 Å². The minimum absolute atomic E-state index is 0.0281. The number of hydrogen-bond donors (Lipinski definition) is 2. The first-order valence-electron chi connectivity index (χ1n) is 6.97. The zero-order chi connectivity index (χ0) is 14.6. The van der Waals surface area contributed by atoms with Gasteiger partial charge in [0.2, 0.25) is 5.91 Å². The number of nitrogens with zero attached hydrogens (tertiary/aromatic N) is 1. The van der Waals surface area contributed by atoms with Gasteiger partial charge in [0.25, 0.3) is 0 Å². The number of piperidine rings is 1. The molecule has 1 aliphatic heterocycles. The summed E-state index contributed by atoms with van der Waals surface area (Å²) in [6.45, 7) is 4.58. The fraction of sp³-hybridized carbons (Fsp3) is 0.533. The fourth-order valence-electron chi connectivity index (χ4n) is 2.39. The zero-order valence-electron chi connectivity index (χ0n) is 12.1. The first kappa shape index (κ1) is 15.3. The summed E-state index contributed by atoms with van der Waals surface area (Å²) in [6, 6.07) is 7.18. The molecule has 1 aliphatic rings. The van der Waals surface area contributed by atoms with Crippen LogP contribution in [0, 0.1) is 0 Å². The van der Waals surface area contributed by atoms with Gasteiger partial charge in [-0.05, 0) is 51.1 Å². The molecule has 0 bridgehead atoms. The fourth-order valence-corrected chi connectivity index (χ4v) is 2.52. The Morgan fingerprint density at radius 2 is 1.90 bits per heavy atom. The van der Waals surface area contributed by atoms with Gasteiger partial charge in [-0.15, -0.1) is 0 Å². The highest BCUT2D eigenvalue weighted by Crippen LogP contribution is 2.21. The van der Waals surface area contributed by atoms with Crippen LogP contribution in [0.5, 0.6) is 0 Å². The minimum Gasteiger partial charge on any atom is -0.325 e. The third kappa shape index (κ3) is 4.20. The minimum atomic E-state index is 0.0281. The number of nitrogens with one attached hydrogen (secondary N) is 2. The number of benzene rings is 1. The van der Waals surface area contributed by atoms with Crippen molar-refractivity contribution < 1.29 is 4.79 Å². The second-order valence-corrected chi connectivity index (χ2v) is 6.08.